The van der Waals surface area contributed by atoms with E-state index in [0.29, 0.717) is 36.4 Å². The Balaban J connectivity index is 2.06. The van der Waals surface area contributed by atoms with Crippen LogP contribution in [-0.2, 0) is 21.0 Å². The van der Waals surface area contributed by atoms with E-state index < -0.39 is 39.9 Å². The maximum atomic E-state index is 13.6. The summed E-state index contributed by atoms with van der Waals surface area (Å²) in [6.45, 7) is 4.10. The molecule has 1 atom stereocenters. The topological polar surface area (TPSA) is 83.7 Å². The van der Waals surface area contributed by atoms with Crippen LogP contribution in [-0.4, -0.2) is 45.4 Å². The molecular weight excluding hydrogens is 491 g/mol. The summed E-state index contributed by atoms with van der Waals surface area (Å²) >= 11 is 6.18. The van der Waals surface area contributed by atoms with E-state index in [0.717, 1.165) is 24.1 Å². The molecule has 1 heterocycles. The van der Waals surface area contributed by atoms with Crippen LogP contribution in [0, 0.1) is 12.3 Å². The fourth-order valence-electron chi connectivity index (χ4n) is 3.94. The first kappa shape index (κ1) is 26.3. The van der Waals surface area contributed by atoms with Crippen molar-refractivity contribution >= 4 is 33.2 Å². The number of amides is 1. The molecule has 2 N–H and O–H groups in total. The molecular formula is C23H27ClF3N3O3S. The number of alkyl halides is 3. The molecule has 0 bridgehead atoms. The molecule has 3 rings (SSSR count). The molecule has 2 aromatic carbocycles. The lowest BCUT2D eigenvalue weighted by molar-refractivity contribution is -0.137. The summed E-state index contributed by atoms with van der Waals surface area (Å²) in [5.74, 6) is -0.538. The largest absolute Gasteiger partial charge is 0.416 e. The third-order valence-electron chi connectivity index (χ3n) is 6.06. The predicted octanol–water partition coefficient (Wildman–Crippen LogP) is 4.45. The van der Waals surface area contributed by atoms with Crippen LogP contribution >= 0.6 is 11.6 Å². The van der Waals surface area contributed by atoms with Crippen LogP contribution in [0.3, 0.4) is 0 Å². The van der Waals surface area contributed by atoms with Gasteiger partial charge in [0.05, 0.1) is 21.2 Å². The zero-order chi connectivity index (χ0) is 25.3. The zero-order valence-electron chi connectivity index (χ0n) is 18.9. The fourth-order valence-corrected chi connectivity index (χ4v) is 5.63. The zero-order valence-corrected chi connectivity index (χ0v) is 20.5. The number of aryl methyl sites for hydroxylation is 1. The second-order valence-electron chi connectivity index (χ2n) is 8.92. The summed E-state index contributed by atoms with van der Waals surface area (Å²) < 4.78 is 68.0. The molecule has 1 unspecified atom stereocenters. The Morgan fingerprint density at radius 2 is 1.85 bits per heavy atom. The van der Waals surface area contributed by atoms with E-state index in [1.165, 1.54) is 17.0 Å². The number of nitrogens with zero attached hydrogens (tertiary/aromatic N) is 2. The fraction of sp³-hybridized carbons (Fsp3) is 0.435. The van der Waals surface area contributed by atoms with Crippen molar-refractivity contribution < 1.29 is 26.4 Å². The number of benzene rings is 2. The first-order chi connectivity index (χ1) is 15.8. The average molecular weight is 518 g/mol. The smallest absolute Gasteiger partial charge is 0.341 e. The summed E-state index contributed by atoms with van der Waals surface area (Å²) in [6, 6.07) is 8.22. The Labute approximate surface area is 202 Å². The molecule has 6 nitrogen and oxygen atoms in total. The second-order valence-corrected chi connectivity index (χ2v) is 11.2. The minimum absolute atomic E-state index is 0.162. The van der Waals surface area contributed by atoms with Gasteiger partial charge in [-0.05, 0) is 62.1 Å². The van der Waals surface area contributed by atoms with Crippen LogP contribution in [0.2, 0.25) is 5.02 Å². The number of halogens is 4. The van der Waals surface area contributed by atoms with Gasteiger partial charge in [-0.15, -0.1) is 0 Å². The van der Waals surface area contributed by atoms with Crippen LogP contribution in [0.1, 0.15) is 30.9 Å². The number of hydrogen-bond acceptors (Lipinski definition) is 4. The van der Waals surface area contributed by atoms with E-state index in [1.807, 2.05) is 6.92 Å². The molecule has 1 saturated heterocycles. The number of piperidine rings is 1. The molecule has 1 amide bonds. The monoisotopic (exact) mass is 517 g/mol. The maximum Gasteiger partial charge on any atom is 0.416 e. The number of nitrogens with two attached hydrogens (primary N) is 1. The molecule has 1 aliphatic heterocycles. The Kier molecular flexibility index (Phi) is 7.54. The van der Waals surface area contributed by atoms with Crippen LogP contribution in [0.5, 0.6) is 0 Å². The van der Waals surface area contributed by atoms with Gasteiger partial charge in [-0.2, -0.15) is 13.2 Å². The van der Waals surface area contributed by atoms with Crippen molar-refractivity contribution in [1.82, 2.24) is 4.90 Å². The average Bonchev–Trinajstić information content (AvgIpc) is 2.77. The highest BCUT2D eigenvalue weighted by Crippen LogP contribution is 2.37. The van der Waals surface area contributed by atoms with Gasteiger partial charge in [0.1, 0.15) is 6.54 Å². The summed E-state index contributed by atoms with van der Waals surface area (Å²) in [4.78, 5) is 14.6. The van der Waals surface area contributed by atoms with Crippen molar-refractivity contribution in [3.63, 3.8) is 0 Å². The highest BCUT2D eigenvalue weighted by molar-refractivity contribution is 7.92. The van der Waals surface area contributed by atoms with Gasteiger partial charge in [0, 0.05) is 13.1 Å². The highest BCUT2D eigenvalue weighted by Gasteiger charge is 2.37. The summed E-state index contributed by atoms with van der Waals surface area (Å²) in [6.07, 6.45) is -3.22. The van der Waals surface area contributed by atoms with Crippen LogP contribution in [0.25, 0.3) is 0 Å². The molecule has 34 heavy (non-hydrogen) atoms. The Bertz CT molecular complexity index is 1160. The molecule has 0 spiro atoms. The number of carbonyl (C=O) groups excluding carboxylic acids is 1. The summed E-state index contributed by atoms with van der Waals surface area (Å²) in [7, 11) is -4.41. The third-order valence-corrected chi connectivity index (χ3v) is 8.15. The van der Waals surface area contributed by atoms with E-state index in [9.17, 15) is 26.4 Å². The summed E-state index contributed by atoms with van der Waals surface area (Å²) in [5, 5.41) is -0.220. The molecule has 0 aromatic heterocycles. The van der Waals surface area contributed by atoms with Gasteiger partial charge in [-0.25, -0.2) is 8.42 Å². The lowest BCUT2D eigenvalue weighted by Gasteiger charge is -2.40. The summed E-state index contributed by atoms with van der Waals surface area (Å²) in [5.41, 5.74) is 4.86. The molecule has 11 heteroatoms. The molecule has 0 saturated carbocycles. The van der Waals surface area contributed by atoms with Crippen molar-refractivity contribution in [3.05, 3.63) is 58.6 Å². The van der Waals surface area contributed by atoms with Gasteiger partial charge >= 0.3 is 6.18 Å². The lowest BCUT2D eigenvalue weighted by atomic mass is 9.82. The van der Waals surface area contributed by atoms with Gasteiger partial charge in [0.15, 0.2) is 0 Å². The van der Waals surface area contributed by atoms with E-state index >= 15 is 0 Å². The lowest BCUT2D eigenvalue weighted by Crippen LogP contribution is -2.51. The first-order valence-electron chi connectivity index (χ1n) is 10.7. The third kappa shape index (κ3) is 5.67. The number of sulfonamides is 1. The van der Waals surface area contributed by atoms with Gasteiger partial charge in [0.2, 0.25) is 5.91 Å². The normalized spacial score (nSPS) is 19.2. The number of likely N-dealkylation sites (tertiary alicyclic amines) is 1. The predicted molar refractivity (Wildman–Crippen MR) is 125 cm³/mol. The molecule has 0 aliphatic carbocycles. The molecule has 1 fully saturated rings. The van der Waals surface area contributed by atoms with Crippen LogP contribution in [0.15, 0.2) is 47.4 Å². The number of anilines is 1. The van der Waals surface area contributed by atoms with Gasteiger partial charge in [-0.3, -0.25) is 9.10 Å². The van der Waals surface area contributed by atoms with E-state index in [1.54, 1.807) is 19.1 Å². The van der Waals surface area contributed by atoms with Crippen molar-refractivity contribution in [2.75, 3.05) is 30.5 Å². The molecule has 186 valence electrons. The molecule has 2 aromatic rings. The van der Waals surface area contributed by atoms with E-state index in [-0.39, 0.29) is 15.3 Å². The maximum absolute atomic E-state index is 13.6. The van der Waals surface area contributed by atoms with Crippen molar-refractivity contribution in [3.8, 4) is 0 Å². The Morgan fingerprint density at radius 3 is 2.44 bits per heavy atom. The van der Waals surface area contributed by atoms with E-state index in [4.69, 9.17) is 17.3 Å². The van der Waals surface area contributed by atoms with Crippen molar-refractivity contribution in [2.45, 2.75) is 37.8 Å². The Hall–Kier alpha value is -2.30. The SMILES string of the molecule is Cc1ccc(S(=O)(=O)N(CC(=O)N2CCCC(C)(CN)C2)c2cc(C(F)(F)F)ccc2Cl)cc1. The number of rotatable bonds is 6. The van der Waals surface area contributed by atoms with E-state index in [2.05, 4.69) is 0 Å². The second kappa shape index (κ2) is 9.75. The van der Waals surface area contributed by atoms with Crippen LogP contribution < -0.4 is 10.0 Å². The van der Waals surface area contributed by atoms with Crippen molar-refractivity contribution in [1.29, 1.82) is 0 Å². The Morgan fingerprint density at radius 1 is 1.21 bits per heavy atom. The van der Waals surface area contributed by atoms with Gasteiger partial charge in [-0.1, -0.05) is 36.2 Å². The van der Waals surface area contributed by atoms with Crippen LogP contribution in [0.4, 0.5) is 18.9 Å². The molecule has 0 radical (unpaired) electrons. The molecule has 1 aliphatic rings. The van der Waals surface area contributed by atoms with Crippen molar-refractivity contribution in [2.24, 2.45) is 11.1 Å². The number of carbonyl (C=O) groups is 1. The minimum Gasteiger partial charge on any atom is -0.341 e. The highest BCUT2D eigenvalue weighted by atomic mass is 35.5. The quantitative estimate of drug-likeness (QED) is 0.613. The number of hydrogen-bond donors (Lipinski definition) is 1. The minimum atomic E-state index is -4.72. The standard InChI is InChI=1S/C23H27ClF3N3O3S/c1-16-4-7-18(8-5-16)34(32,33)30(20-12-17(23(25,26)27)6-9-19(20)24)13-21(31)29-11-3-10-22(2,14-28)15-29/h4-9,12H,3,10-11,13-15,28H2,1-2H3. The van der Waals surface area contributed by atoms with Gasteiger partial charge < -0.3 is 10.6 Å². The first-order valence-corrected chi connectivity index (χ1v) is 12.5. The van der Waals surface area contributed by atoms with Gasteiger partial charge in [0.25, 0.3) is 10.0 Å².